The third kappa shape index (κ3) is 1.79. The molecule has 2 rings (SSSR count). The van der Waals surface area contributed by atoms with Crippen molar-refractivity contribution < 1.29 is 19.1 Å². The number of allylic oxidation sites excluding steroid dienone is 1. The molecule has 0 N–H and O–H groups in total. The van der Waals surface area contributed by atoms with Crippen LogP contribution >= 0.6 is 0 Å². The number of ether oxygens (including phenoxy) is 2. The van der Waals surface area contributed by atoms with Crippen LogP contribution in [0.5, 0.6) is 0 Å². The Morgan fingerprint density at radius 2 is 2.00 bits per heavy atom. The minimum absolute atomic E-state index is 0.306. The molecule has 4 heteroatoms. The number of rotatable bonds is 1. The number of cyclic esters (lactones) is 1. The lowest BCUT2D eigenvalue weighted by atomic mass is 9.92. The molecule has 0 saturated carbocycles. The number of hydrogen-bond donors (Lipinski definition) is 0. The van der Waals surface area contributed by atoms with Crippen LogP contribution in [0.4, 0.5) is 0 Å². The van der Waals surface area contributed by atoms with Gasteiger partial charge in [0, 0.05) is 11.1 Å². The molecule has 15 heavy (non-hydrogen) atoms. The molecule has 0 fully saturated rings. The van der Waals surface area contributed by atoms with Crippen molar-refractivity contribution in [2.45, 2.75) is 25.7 Å². The van der Waals surface area contributed by atoms with Gasteiger partial charge in [-0.3, -0.25) is 0 Å². The molecule has 0 unspecified atom stereocenters. The maximum atomic E-state index is 11.4. The summed E-state index contributed by atoms with van der Waals surface area (Å²) in [6.07, 6.45) is 4.86. The van der Waals surface area contributed by atoms with Crippen LogP contribution in [0.3, 0.4) is 0 Å². The van der Waals surface area contributed by atoms with Crippen LogP contribution in [0.2, 0.25) is 0 Å². The molecule has 0 aromatic heterocycles. The summed E-state index contributed by atoms with van der Waals surface area (Å²) in [4.78, 5) is 22.5. The van der Waals surface area contributed by atoms with Crippen LogP contribution in [0, 0.1) is 0 Å². The lowest BCUT2D eigenvalue weighted by Crippen LogP contribution is -2.01. The summed E-state index contributed by atoms with van der Waals surface area (Å²) in [5.74, 6) is -0.418. The smallest absolute Gasteiger partial charge is 0.339 e. The zero-order chi connectivity index (χ0) is 10.8. The van der Waals surface area contributed by atoms with E-state index >= 15 is 0 Å². The average Bonchev–Trinajstić information content (AvgIpc) is 2.57. The van der Waals surface area contributed by atoms with Crippen molar-refractivity contribution in [1.82, 2.24) is 0 Å². The highest BCUT2D eigenvalue weighted by molar-refractivity contribution is 5.96. The Bertz CT molecular complexity index is 376. The van der Waals surface area contributed by atoms with Gasteiger partial charge in [0.2, 0.25) is 0 Å². The summed E-state index contributed by atoms with van der Waals surface area (Å²) in [5, 5.41) is 0. The van der Waals surface area contributed by atoms with E-state index in [-0.39, 0.29) is 5.97 Å². The van der Waals surface area contributed by atoms with Gasteiger partial charge in [0.1, 0.15) is 5.76 Å². The summed E-state index contributed by atoms with van der Waals surface area (Å²) < 4.78 is 9.53. The van der Waals surface area contributed by atoms with Gasteiger partial charge in [-0.1, -0.05) is 0 Å². The Balaban J connectivity index is 2.30. The molecule has 1 aliphatic heterocycles. The van der Waals surface area contributed by atoms with E-state index in [4.69, 9.17) is 4.74 Å². The molecular weight excluding hydrogens is 196 g/mol. The first-order chi connectivity index (χ1) is 7.22. The lowest BCUT2D eigenvalue weighted by Gasteiger charge is -2.09. The molecule has 2 aliphatic rings. The SMILES string of the molecule is COC(=O)/C=C1/OC(=O)C2=C1CCCC2. The van der Waals surface area contributed by atoms with E-state index in [9.17, 15) is 9.59 Å². The van der Waals surface area contributed by atoms with Crippen LogP contribution in [-0.2, 0) is 19.1 Å². The Kier molecular flexibility index (Phi) is 2.58. The highest BCUT2D eigenvalue weighted by Crippen LogP contribution is 2.36. The molecule has 0 saturated heterocycles. The Morgan fingerprint density at radius 1 is 1.33 bits per heavy atom. The standard InChI is InChI=1S/C11H12O4/c1-14-10(12)6-9-7-4-2-3-5-8(7)11(13)15-9/h6H,2-5H2,1H3/b9-6+. The van der Waals surface area contributed by atoms with E-state index in [1.165, 1.54) is 13.2 Å². The van der Waals surface area contributed by atoms with Gasteiger partial charge in [-0.15, -0.1) is 0 Å². The second-order valence-corrected chi connectivity index (χ2v) is 3.59. The summed E-state index contributed by atoms with van der Waals surface area (Å²) in [7, 11) is 1.30. The van der Waals surface area contributed by atoms with Gasteiger partial charge in [0.15, 0.2) is 0 Å². The fourth-order valence-electron chi connectivity index (χ4n) is 1.91. The fraction of sp³-hybridized carbons (Fsp3) is 0.455. The number of methoxy groups -OCH3 is 1. The number of carbonyl (C=O) groups is 2. The lowest BCUT2D eigenvalue weighted by molar-refractivity contribution is -0.135. The summed E-state index contributed by atoms with van der Waals surface area (Å²) in [6.45, 7) is 0. The van der Waals surface area contributed by atoms with Crippen LogP contribution in [0.1, 0.15) is 25.7 Å². The summed E-state index contributed by atoms with van der Waals surface area (Å²) in [6, 6.07) is 0. The van der Waals surface area contributed by atoms with Gasteiger partial charge in [-0.05, 0) is 25.7 Å². The van der Waals surface area contributed by atoms with E-state index < -0.39 is 5.97 Å². The monoisotopic (exact) mass is 208 g/mol. The topological polar surface area (TPSA) is 52.6 Å². The van der Waals surface area contributed by atoms with Crippen molar-refractivity contribution in [3.8, 4) is 0 Å². The van der Waals surface area contributed by atoms with Crippen LogP contribution in [-0.4, -0.2) is 19.0 Å². The zero-order valence-corrected chi connectivity index (χ0v) is 8.54. The van der Waals surface area contributed by atoms with E-state index in [0.717, 1.165) is 36.8 Å². The first-order valence-corrected chi connectivity index (χ1v) is 4.96. The zero-order valence-electron chi connectivity index (χ0n) is 8.54. The van der Waals surface area contributed by atoms with E-state index in [1.54, 1.807) is 0 Å². The molecule has 0 atom stereocenters. The molecule has 1 heterocycles. The van der Waals surface area contributed by atoms with Crippen molar-refractivity contribution in [3.05, 3.63) is 23.0 Å². The third-order valence-corrected chi connectivity index (χ3v) is 2.66. The number of esters is 2. The Morgan fingerprint density at radius 3 is 2.67 bits per heavy atom. The minimum Gasteiger partial charge on any atom is -0.466 e. The molecule has 0 spiro atoms. The van der Waals surface area contributed by atoms with Gasteiger partial charge in [0.25, 0.3) is 0 Å². The van der Waals surface area contributed by atoms with Crippen molar-refractivity contribution in [1.29, 1.82) is 0 Å². The second-order valence-electron chi connectivity index (χ2n) is 3.59. The van der Waals surface area contributed by atoms with Gasteiger partial charge >= 0.3 is 11.9 Å². The molecule has 4 nitrogen and oxygen atoms in total. The van der Waals surface area contributed by atoms with Crippen LogP contribution < -0.4 is 0 Å². The van der Waals surface area contributed by atoms with E-state index in [2.05, 4.69) is 4.74 Å². The normalized spacial score (nSPS) is 22.7. The maximum absolute atomic E-state index is 11.4. The van der Waals surface area contributed by atoms with Crippen molar-refractivity contribution >= 4 is 11.9 Å². The van der Waals surface area contributed by atoms with E-state index in [0.29, 0.717) is 5.76 Å². The summed E-state index contributed by atoms with van der Waals surface area (Å²) >= 11 is 0. The van der Waals surface area contributed by atoms with Crippen LogP contribution in [0.25, 0.3) is 0 Å². The summed E-state index contributed by atoms with van der Waals surface area (Å²) in [5.41, 5.74) is 1.62. The van der Waals surface area contributed by atoms with Crippen molar-refractivity contribution in [2.75, 3.05) is 7.11 Å². The molecule has 80 valence electrons. The Hall–Kier alpha value is -1.58. The molecule has 0 amide bonds. The largest absolute Gasteiger partial charge is 0.466 e. The first-order valence-electron chi connectivity index (χ1n) is 4.96. The van der Waals surface area contributed by atoms with Crippen LogP contribution in [0.15, 0.2) is 23.0 Å². The Labute approximate surface area is 87.5 Å². The van der Waals surface area contributed by atoms with Crippen molar-refractivity contribution in [2.24, 2.45) is 0 Å². The second kappa shape index (κ2) is 3.88. The van der Waals surface area contributed by atoms with Gasteiger partial charge in [0.05, 0.1) is 13.2 Å². The average molecular weight is 208 g/mol. The molecular formula is C11H12O4. The molecule has 0 aromatic carbocycles. The van der Waals surface area contributed by atoms with Crippen molar-refractivity contribution in [3.63, 3.8) is 0 Å². The first kappa shape index (κ1) is 9.96. The molecule has 1 aliphatic carbocycles. The van der Waals surface area contributed by atoms with Gasteiger partial charge < -0.3 is 9.47 Å². The maximum Gasteiger partial charge on any atom is 0.339 e. The molecule has 0 bridgehead atoms. The fourth-order valence-corrected chi connectivity index (χ4v) is 1.91. The minimum atomic E-state index is -0.489. The van der Waals surface area contributed by atoms with E-state index in [1.807, 2.05) is 0 Å². The predicted molar refractivity (Wildman–Crippen MR) is 51.7 cm³/mol. The quantitative estimate of drug-likeness (QED) is 0.483. The molecule has 0 aromatic rings. The molecule has 0 radical (unpaired) electrons. The number of hydrogen-bond acceptors (Lipinski definition) is 4. The highest BCUT2D eigenvalue weighted by atomic mass is 16.5. The van der Waals surface area contributed by atoms with Gasteiger partial charge in [-0.25, -0.2) is 9.59 Å². The number of carbonyl (C=O) groups excluding carboxylic acids is 2. The van der Waals surface area contributed by atoms with Gasteiger partial charge in [-0.2, -0.15) is 0 Å². The third-order valence-electron chi connectivity index (χ3n) is 2.66. The predicted octanol–water partition coefficient (Wildman–Crippen LogP) is 1.47. The highest BCUT2D eigenvalue weighted by Gasteiger charge is 2.31.